The van der Waals surface area contributed by atoms with Crippen molar-refractivity contribution in [2.45, 2.75) is 77.4 Å². The summed E-state index contributed by atoms with van der Waals surface area (Å²) in [6.45, 7) is 14.5. The third-order valence-electron chi connectivity index (χ3n) is 4.63. The van der Waals surface area contributed by atoms with Crippen molar-refractivity contribution >= 4 is 23.6 Å². The van der Waals surface area contributed by atoms with Gasteiger partial charge in [0.25, 0.3) is 0 Å². The lowest BCUT2D eigenvalue weighted by Gasteiger charge is -2.53. The SMILES string of the molecule is CCCCN(C1CC(C)(C)NC(C)(C)C1)N1CN(Cl)CN(Cl)C1. The van der Waals surface area contributed by atoms with E-state index in [4.69, 9.17) is 23.6 Å². The molecule has 2 aliphatic rings. The van der Waals surface area contributed by atoms with E-state index in [0.717, 1.165) is 32.7 Å². The molecule has 0 bridgehead atoms. The minimum atomic E-state index is 0.133. The van der Waals surface area contributed by atoms with E-state index in [-0.39, 0.29) is 11.1 Å². The van der Waals surface area contributed by atoms with Gasteiger partial charge in [0.1, 0.15) is 0 Å². The molecule has 1 N–H and O–H groups in total. The average molecular weight is 366 g/mol. The summed E-state index contributed by atoms with van der Waals surface area (Å²) in [6, 6.07) is 0.501. The van der Waals surface area contributed by atoms with E-state index in [1.165, 1.54) is 12.8 Å². The number of piperidine rings is 1. The second-order valence-electron chi connectivity index (χ2n) is 8.33. The Bertz CT molecular complexity index is 365. The maximum Gasteiger partial charge on any atom is 0.0828 e. The molecule has 0 spiro atoms. The smallest absolute Gasteiger partial charge is 0.0828 e. The minimum absolute atomic E-state index is 0.133. The Morgan fingerprint density at radius 1 is 1.00 bits per heavy atom. The van der Waals surface area contributed by atoms with E-state index in [1.54, 1.807) is 8.84 Å². The van der Waals surface area contributed by atoms with Crippen LogP contribution >= 0.6 is 23.6 Å². The highest BCUT2D eigenvalue weighted by Gasteiger charge is 2.42. The molecule has 2 rings (SSSR count). The van der Waals surface area contributed by atoms with Gasteiger partial charge in [0.15, 0.2) is 0 Å². The maximum absolute atomic E-state index is 6.26. The zero-order valence-electron chi connectivity index (χ0n) is 15.3. The second-order valence-corrected chi connectivity index (χ2v) is 9.28. The summed E-state index contributed by atoms with van der Waals surface area (Å²) in [4.78, 5) is 0. The summed E-state index contributed by atoms with van der Waals surface area (Å²) in [5, 5.41) is 8.61. The number of hydrogen-bond donors (Lipinski definition) is 1. The van der Waals surface area contributed by atoms with Crippen molar-refractivity contribution in [3.8, 4) is 0 Å². The summed E-state index contributed by atoms with van der Waals surface area (Å²) < 4.78 is 3.49. The summed E-state index contributed by atoms with van der Waals surface area (Å²) in [5.41, 5.74) is 0.266. The summed E-state index contributed by atoms with van der Waals surface area (Å²) >= 11 is 12.5. The van der Waals surface area contributed by atoms with Crippen LogP contribution in [-0.4, -0.2) is 62.5 Å². The van der Waals surface area contributed by atoms with E-state index in [2.05, 4.69) is 50.0 Å². The molecule has 7 heteroatoms. The van der Waals surface area contributed by atoms with Crippen molar-refractivity contribution in [2.24, 2.45) is 0 Å². The number of hydrogen-bond acceptors (Lipinski definition) is 5. The highest BCUT2D eigenvalue weighted by Crippen LogP contribution is 2.33. The van der Waals surface area contributed by atoms with Crippen LogP contribution in [0.5, 0.6) is 0 Å². The first-order valence-corrected chi connectivity index (χ1v) is 9.42. The van der Waals surface area contributed by atoms with Crippen molar-refractivity contribution in [3.63, 3.8) is 0 Å². The third kappa shape index (κ3) is 5.70. The Kier molecular flexibility index (Phi) is 6.62. The van der Waals surface area contributed by atoms with Gasteiger partial charge in [0.2, 0.25) is 0 Å². The Morgan fingerprint density at radius 2 is 1.52 bits per heavy atom. The molecule has 2 saturated heterocycles. The fourth-order valence-corrected chi connectivity index (χ4v) is 4.73. The highest BCUT2D eigenvalue weighted by atomic mass is 35.5. The molecular formula is C16H33Cl2N5. The van der Waals surface area contributed by atoms with Gasteiger partial charge in [-0.2, -0.15) is 8.84 Å². The fraction of sp³-hybridized carbons (Fsp3) is 1.00. The molecule has 0 unspecified atom stereocenters. The van der Waals surface area contributed by atoms with Crippen LogP contribution in [0.4, 0.5) is 0 Å². The molecular weight excluding hydrogens is 333 g/mol. The van der Waals surface area contributed by atoms with E-state index in [9.17, 15) is 0 Å². The predicted octanol–water partition coefficient (Wildman–Crippen LogP) is 3.41. The van der Waals surface area contributed by atoms with Crippen LogP contribution in [0, 0.1) is 0 Å². The van der Waals surface area contributed by atoms with Gasteiger partial charge in [-0.1, -0.05) is 13.3 Å². The van der Waals surface area contributed by atoms with Crippen LogP contribution in [0.1, 0.15) is 60.3 Å². The lowest BCUT2D eigenvalue weighted by Crippen LogP contribution is -2.66. The Hall–Kier alpha value is 0.380. The van der Waals surface area contributed by atoms with Gasteiger partial charge >= 0.3 is 0 Å². The molecule has 136 valence electrons. The number of unbranched alkanes of at least 4 members (excludes halogenated alkanes) is 1. The number of halogens is 2. The van der Waals surface area contributed by atoms with Crippen LogP contribution < -0.4 is 5.32 Å². The van der Waals surface area contributed by atoms with Crippen LogP contribution in [0.25, 0.3) is 0 Å². The van der Waals surface area contributed by atoms with Crippen LogP contribution in [-0.2, 0) is 0 Å². The normalized spacial score (nSPS) is 27.7. The standard InChI is InChI=1S/C16H33Cl2N5/c1-6-7-8-23(22-12-20(17)11-21(18)13-22)14-9-15(2,3)19-16(4,5)10-14/h14,19H,6-13H2,1-5H3. The van der Waals surface area contributed by atoms with E-state index in [0.29, 0.717) is 12.7 Å². The molecule has 0 aliphatic carbocycles. The quantitative estimate of drug-likeness (QED) is 0.752. The molecule has 0 amide bonds. The molecule has 2 heterocycles. The number of nitrogens with zero attached hydrogens (tertiary/aromatic N) is 4. The second kappa shape index (κ2) is 7.73. The predicted molar refractivity (Wildman–Crippen MR) is 97.8 cm³/mol. The number of hydrazine groups is 1. The summed E-state index contributed by atoms with van der Waals surface area (Å²) in [5.74, 6) is 0. The molecule has 5 nitrogen and oxygen atoms in total. The largest absolute Gasteiger partial charge is 0.307 e. The van der Waals surface area contributed by atoms with Gasteiger partial charge in [0.05, 0.1) is 20.0 Å². The molecule has 0 saturated carbocycles. The van der Waals surface area contributed by atoms with Crippen LogP contribution in [0.3, 0.4) is 0 Å². The monoisotopic (exact) mass is 365 g/mol. The molecule has 0 aromatic heterocycles. The van der Waals surface area contributed by atoms with Gasteiger partial charge in [-0.25, -0.2) is 10.0 Å². The Balaban J connectivity index is 2.16. The average Bonchev–Trinajstić information content (AvgIpc) is 2.34. The molecule has 0 aromatic carbocycles. The van der Waals surface area contributed by atoms with Gasteiger partial charge in [-0.15, -0.1) is 0 Å². The number of nitrogens with one attached hydrogen (secondary N) is 1. The molecule has 0 aromatic rings. The van der Waals surface area contributed by atoms with Gasteiger partial charge in [-0.05, 0) is 70.5 Å². The van der Waals surface area contributed by atoms with Crippen molar-refractivity contribution in [3.05, 3.63) is 0 Å². The zero-order chi connectivity index (χ0) is 17.3. The Morgan fingerprint density at radius 3 is 2.00 bits per heavy atom. The Labute approximate surface area is 152 Å². The molecule has 2 aliphatic heterocycles. The molecule has 0 atom stereocenters. The maximum atomic E-state index is 6.26. The van der Waals surface area contributed by atoms with Crippen molar-refractivity contribution in [2.75, 3.05) is 26.6 Å². The van der Waals surface area contributed by atoms with Crippen molar-refractivity contribution in [1.82, 2.24) is 24.2 Å². The summed E-state index contributed by atoms with van der Waals surface area (Å²) in [7, 11) is 0. The first kappa shape index (κ1) is 19.7. The first-order chi connectivity index (χ1) is 10.6. The molecule has 0 radical (unpaired) electrons. The topological polar surface area (TPSA) is 25.0 Å². The third-order valence-corrected chi connectivity index (χ3v) is 5.06. The highest BCUT2D eigenvalue weighted by molar-refractivity contribution is 6.15. The van der Waals surface area contributed by atoms with Gasteiger partial charge in [0, 0.05) is 23.7 Å². The van der Waals surface area contributed by atoms with Crippen LogP contribution in [0.15, 0.2) is 0 Å². The lowest BCUT2D eigenvalue weighted by atomic mass is 9.79. The van der Waals surface area contributed by atoms with Crippen molar-refractivity contribution < 1.29 is 0 Å². The van der Waals surface area contributed by atoms with Gasteiger partial charge in [-0.3, -0.25) is 0 Å². The molecule has 2 fully saturated rings. The fourth-order valence-electron chi connectivity index (χ4n) is 4.17. The molecule has 23 heavy (non-hydrogen) atoms. The number of rotatable bonds is 5. The van der Waals surface area contributed by atoms with Crippen molar-refractivity contribution in [1.29, 1.82) is 0 Å². The van der Waals surface area contributed by atoms with Crippen LogP contribution in [0.2, 0.25) is 0 Å². The van der Waals surface area contributed by atoms with E-state index in [1.807, 2.05) is 0 Å². The zero-order valence-corrected chi connectivity index (χ0v) is 16.8. The van der Waals surface area contributed by atoms with Gasteiger partial charge < -0.3 is 5.32 Å². The lowest BCUT2D eigenvalue weighted by molar-refractivity contribution is -0.142. The first-order valence-electron chi connectivity index (χ1n) is 8.74. The van der Waals surface area contributed by atoms with E-state index < -0.39 is 0 Å². The summed E-state index contributed by atoms with van der Waals surface area (Å²) in [6.07, 6.45) is 4.63. The van der Waals surface area contributed by atoms with E-state index >= 15 is 0 Å². The minimum Gasteiger partial charge on any atom is -0.307 e.